The molecule has 0 radical (unpaired) electrons. The largest absolute Gasteiger partial charge is 0.311 e. The van der Waals surface area contributed by atoms with Crippen LogP contribution >= 0.6 is 0 Å². The number of nitrogens with zero attached hydrogens (tertiary/aromatic N) is 3. The Kier molecular flexibility index (Phi) is 12.5. The molecule has 0 atom stereocenters. The van der Waals surface area contributed by atoms with Crippen LogP contribution in [0.1, 0.15) is 0 Å². The third-order valence-electron chi connectivity index (χ3n) is 18.1. The Balaban J connectivity index is 0.759. The smallest absolute Gasteiger partial charge is 0.0541 e. The lowest BCUT2D eigenvalue weighted by Crippen LogP contribution is -2.09. The summed E-state index contributed by atoms with van der Waals surface area (Å²) in [5.74, 6) is 0. The second-order valence-electron chi connectivity index (χ2n) is 23.3. The van der Waals surface area contributed by atoms with Crippen LogP contribution in [0.3, 0.4) is 0 Å². The van der Waals surface area contributed by atoms with E-state index in [1.54, 1.807) is 0 Å². The van der Waals surface area contributed by atoms with Crippen molar-refractivity contribution in [2.45, 2.75) is 0 Å². The fourth-order valence-electron chi connectivity index (χ4n) is 13.6. The molecule has 0 saturated heterocycles. The van der Waals surface area contributed by atoms with Crippen molar-refractivity contribution >= 4 is 82.2 Å². The third kappa shape index (κ3) is 9.32. The molecule has 0 saturated carbocycles. The van der Waals surface area contributed by atoms with Gasteiger partial charge in [-0.25, -0.2) is 0 Å². The van der Waals surface area contributed by atoms with Gasteiger partial charge in [0.15, 0.2) is 0 Å². The number of para-hydroxylation sites is 2. The molecule has 0 aliphatic heterocycles. The van der Waals surface area contributed by atoms with Crippen molar-refractivity contribution in [3.63, 3.8) is 0 Å². The number of aromatic nitrogens is 2. The highest BCUT2D eigenvalue weighted by molar-refractivity contribution is 6.12. The van der Waals surface area contributed by atoms with Crippen molar-refractivity contribution < 1.29 is 0 Å². The van der Waals surface area contributed by atoms with Gasteiger partial charge in [-0.3, -0.25) is 0 Å². The van der Waals surface area contributed by atoms with Crippen LogP contribution in [0.4, 0.5) is 17.1 Å². The van der Waals surface area contributed by atoms with Crippen molar-refractivity contribution in [2.75, 3.05) is 4.90 Å². The molecular weight excluding hydrogens is 1070 g/mol. The highest BCUT2D eigenvalue weighted by Crippen LogP contribution is 2.43. The molecule has 0 N–H and O–H groups in total. The Morgan fingerprint density at radius 1 is 0.169 bits per heavy atom. The van der Waals surface area contributed by atoms with E-state index in [1.807, 2.05) is 0 Å². The van der Waals surface area contributed by atoms with E-state index in [0.29, 0.717) is 0 Å². The van der Waals surface area contributed by atoms with Crippen LogP contribution in [-0.4, -0.2) is 9.13 Å². The molecule has 0 aliphatic carbocycles. The van der Waals surface area contributed by atoms with Gasteiger partial charge in [-0.2, -0.15) is 0 Å². The molecule has 0 bridgehead atoms. The minimum Gasteiger partial charge on any atom is -0.311 e. The van der Waals surface area contributed by atoms with Crippen LogP contribution in [0.25, 0.3) is 143 Å². The molecule has 0 aliphatic rings. The van der Waals surface area contributed by atoms with Crippen LogP contribution in [0.5, 0.6) is 0 Å². The Morgan fingerprint density at radius 2 is 0.461 bits per heavy atom. The van der Waals surface area contributed by atoms with Gasteiger partial charge >= 0.3 is 0 Å². The summed E-state index contributed by atoms with van der Waals surface area (Å²) in [5.41, 5.74) is 24.4. The predicted octanol–water partition coefficient (Wildman–Crippen LogP) is 23.7. The lowest BCUT2D eigenvalue weighted by Gasteiger charge is -2.26. The molecule has 15 aromatic carbocycles. The van der Waals surface area contributed by atoms with Crippen LogP contribution in [-0.2, 0) is 0 Å². The molecule has 3 heteroatoms. The monoisotopic (exact) mass is 1130 g/mol. The van der Waals surface area contributed by atoms with Gasteiger partial charge in [-0.1, -0.05) is 231 Å². The maximum Gasteiger partial charge on any atom is 0.0541 e. The minimum atomic E-state index is 1.09. The fourth-order valence-corrected chi connectivity index (χ4v) is 13.6. The number of rotatable bonds is 11. The topological polar surface area (TPSA) is 13.1 Å². The first-order valence-corrected chi connectivity index (χ1v) is 30.6. The molecule has 0 amide bonds. The molecule has 3 nitrogen and oxygen atoms in total. The molecule has 0 fully saturated rings. The van der Waals surface area contributed by atoms with E-state index in [2.05, 4.69) is 360 Å². The molecule has 416 valence electrons. The number of benzene rings is 15. The van der Waals surface area contributed by atoms with Gasteiger partial charge in [0.2, 0.25) is 0 Å². The van der Waals surface area contributed by atoms with Gasteiger partial charge in [0.1, 0.15) is 0 Å². The zero-order valence-electron chi connectivity index (χ0n) is 48.8. The summed E-state index contributed by atoms with van der Waals surface area (Å²) in [4.78, 5) is 2.35. The van der Waals surface area contributed by atoms with Crippen LogP contribution in [0.15, 0.2) is 346 Å². The number of hydrogen-bond acceptors (Lipinski definition) is 1. The lowest BCUT2D eigenvalue weighted by molar-refractivity contribution is 1.19. The normalized spacial score (nSPS) is 11.6. The van der Waals surface area contributed by atoms with E-state index < -0.39 is 0 Å². The number of hydrogen-bond donors (Lipinski definition) is 0. The van der Waals surface area contributed by atoms with Crippen LogP contribution in [0, 0.1) is 0 Å². The molecule has 0 unspecified atom stereocenters. The second-order valence-corrected chi connectivity index (χ2v) is 23.3. The lowest BCUT2D eigenvalue weighted by atomic mass is 9.91. The quantitative estimate of drug-likeness (QED) is 0.126. The first kappa shape index (κ1) is 51.6. The summed E-state index contributed by atoms with van der Waals surface area (Å²) in [7, 11) is 0. The highest BCUT2D eigenvalue weighted by atomic mass is 15.1. The summed E-state index contributed by atoms with van der Waals surface area (Å²) in [6, 6.07) is 127. The Bertz CT molecular complexity index is 5210. The maximum atomic E-state index is 2.42. The average molecular weight is 1130 g/mol. The molecule has 2 aromatic heterocycles. The predicted molar refractivity (Wildman–Crippen MR) is 377 cm³/mol. The third-order valence-corrected chi connectivity index (χ3v) is 18.1. The summed E-state index contributed by atoms with van der Waals surface area (Å²) in [5, 5.41) is 9.83. The van der Waals surface area contributed by atoms with Crippen molar-refractivity contribution in [1.29, 1.82) is 0 Å². The van der Waals surface area contributed by atoms with Crippen molar-refractivity contribution in [3.05, 3.63) is 346 Å². The highest BCUT2D eigenvalue weighted by Gasteiger charge is 2.19. The fraction of sp³-hybridized carbons (Fsp3) is 0. The second kappa shape index (κ2) is 21.6. The van der Waals surface area contributed by atoms with Gasteiger partial charge in [0.25, 0.3) is 0 Å². The molecule has 0 spiro atoms. The van der Waals surface area contributed by atoms with Gasteiger partial charge in [-0.15, -0.1) is 0 Å². The first-order chi connectivity index (χ1) is 44.1. The number of anilines is 3. The van der Waals surface area contributed by atoms with Crippen LogP contribution < -0.4 is 4.90 Å². The zero-order chi connectivity index (χ0) is 58.8. The SMILES string of the molecule is c1ccc(-c2ccc(N(c3ccc(-c4ccccc4)cc3)c3ccc(-c4ccc(-c5cc(-c6ccc7c(c6)c6ccccc6n7-c6ccc7ccccc7c6)cc(-c6ccc7c(c6)c6ccccc6n7-c6ccc7ccccc7c6)c5)cc4)cc3)cc2)cc1. The summed E-state index contributed by atoms with van der Waals surface area (Å²) >= 11 is 0. The van der Waals surface area contributed by atoms with E-state index in [1.165, 1.54) is 98.5 Å². The molecule has 17 aromatic rings. The van der Waals surface area contributed by atoms with E-state index in [0.717, 1.165) is 61.8 Å². The zero-order valence-corrected chi connectivity index (χ0v) is 48.8. The molecule has 2 heterocycles. The van der Waals surface area contributed by atoms with Gasteiger partial charge in [-0.05, 0) is 204 Å². The molecule has 89 heavy (non-hydrogen) atoms. The maximum absolute atomic E-state index is 2.42. The van der Waals surface area contributed by atoms with Crippen molar-refractivity contribution in [1.82, 2.24) is 9.13 Å². The van der Waals surface area contributed by atoms with E-state index in [9.17, 15) is 0 Å². The van der Waals surface area contributed by atoms with Gasteiger partial charge < -0.3 is 14.0 Å². The Morgan fingerprint density at radius 3 is 0.865 bits per heavy atom. The summed E-state index contributed by atoms with van der Waals surface area (Å²) < 4.78 is 4.85. The van der Waals surface area contributed by atoms with Crippen molar-refractivity contribution in [3.8, 4) is 78.1 Å². The Hall–Kier alpha value is -11.8. The molecular formula is C86H57N3. The minimum absolute atomic E-state index is 1.09. The summed E-state index contributed by atoms with van der Waals surface area (Å²) in [6.07, 6.45) is 0. The van der Waals surface area contributed by atoms with Gasteiger partial charge in [0, 0.05) is 50.0 Å². The van der Waals surface area contributed by atoms with Crippen molar-refractivity contribution in [2.24, 2.45) is 0 Å². The molecule has 17 rings (SSSR count). The van der Waals surface area contributed by atoms with E-state index in [-0.39, 0.29) is 0 Å². The van der Waals surface area contributed by atoms with Crippen LogP contribution in [0.2, 0.25) is 0 Å². The van der Waals surface area contributed by atoms with E-state index >= 15 is 0 Å². The standard InChI is InChI=1S/C86H57N3/c1-3-15-58(16-4-1)63-31-41-74(42-32-63)87(75-43-33-64(34-44-75)59-17-5-2-6-18-59)76-45-35-65(36-46-76)62-27-29-66(30-28-62)71-51-72(69-39-49-85-81(56-69)79-23-11-13-25-83(79)88(85)77-47-37-60-19-7-9-21-67(60)54-77)53-73(52-71)70-40-50-86-82(57-70)80-24-12-14-26-84(80)89(86)78-48-38-61-20-8-10-22-68(61)55-78/h1-57H. The average Bonchev–Trinajstić information content (AvgIpc) is 1.72. The van der Waals surface area contributed by atoms with Gasteiger partial charge in [0.05, 0.1) is 22.1 Å². The summed E-state index contributed by atoms with van der Waals surface area (Å²) in [6.45, 7) is 0. The first-order valence-electron chi connectivity index (χ1n) is 30.6. The Labute approximate surface area is 517 Å². The van der Waals surface area contributed by atoms with E-state index in [4.69, 9.17) is 0 Å². The number of fused-ring (bicyclic) bond motifs is 8.